The summed E-state index contributed by atoms with van der Waals surface area (Å²) < 4.78 is 7.61. The number of hydrogen-bond donors (Lipinski definition) is 0. The number of hydrogen-bond acceptors (Lipinski definition) is 4. The molecule has 1 aromatic carbocycles. The highest BCUT2D eigenvalue weighted by molar-refractivity contribution is 5.88. The first-order valence-electron chi connectivity index (χ1n) is 9.65. The Hall–Kier alpha value is -2.63. The lowest BCUT2D eigenvalue weighted by molar-refractivity contribution is -0.132. The van der Waals surface area contributed by atoms with Crippen LogP contribution in [0.2, 0.25) is 0 Å². The molecule has 1 aliphatic rings. The summed E-state index contributed by atoms with van der Waals surface area (Å²) in [5.41, 5.74) is 4.37. The number of benzene rings is 1. The summed E-state index contributed by atoms with van der Waals surface area (Å²) in [6.45, 7) is 7.98. The molecule has 2 aromatic heterocycles. The SMILES string of the molecule is Cc1cc2occ(CC(=O)N3CCCC(n4cncn4)C3)c2cc1C(C)C. The van der Waals surface area contributed by atoms with Crippen LogP contribution in [0.5, 0.6) is 0 Å². The molecular formula is C21H26N4O2. The van der Waals surface area contributed by atoms with E-state index in [-0.39, 0.29) is 11.9 Å². The minimum Gasteiger partial charge on any atom is -0.464 e. The second-order valence-electron chi connectivity index (χ2n) is 7.81. The topological polar surface area (TPSA) is 64.2 Å². The van der Waals surface area contributed by atoms with E-state index in [4.69, 9.17) is 4.42 Å². The average Bonchev–Trinajstić information content (AvgIpc) is 3.31. The number of fused-ring (bicyclic) bond motifs is 1. The maximum Gasteiger partial charge on any atom is 0.227 e. The van der Waals surface area contributed by atoms with Gasteiger partial charge in [-0.05, 0) is 48.9 Å². The van der Waals surface area contributed by atoms with Crippen LogP contribution >= 0.6 is 0 Å². The van der Waals surface area contributed by atoms with Crippen LogP contribution in [0.1, 0.15) is 55.3 Å². The number of rotatable bonds is 4. The molecule has 0 aliphatic carbocycles. The summed E-state index contributed by atoms with van der Waals surface area (Å²) in [6.07, 6.45) is 7.41. The molecule has 0 bridgehead atoms. The van der Waals surface area contributed by atoms with Crippen LogP contribution in [0.4, 0.5) is 0 Å². The molecule has 0 N–H and O–H groups in total. The van der Waals surface area contributed by atoms with Crippen LogP contribution in [-0.4, -0.2) is 38.7 Å². The van der Waals surface area contributed by atoms with Crippen molar-refractivity contribution in [1.29, 1.82) is 0 Å². The molecule has 27 heavy (non-hydrogen) atoms. The number of likely N-dealkylation sites (tertiary alicyclic amines) is 1. The van der Waals surface area contributed by atoms with E-state index >= 15 is 0 Å². The molecule has 1 atom stereocenters. The summed E-state index contributed by atoms with van der Waals surface area (Å²) in [4.78, 5) is 18.9. The number of piperidine rings is 1. The van der Waals surface area contributed by atoms with Crippen molar-refractivity contribution in [3.8, 4) is 0 Å². The first kappa shape index (κ1) is 17.8. The van der Waals surface area contributed by atoms with E-state index in [1.165, 1.54) is 11.1 Å². The Balaban J connectivity index is 1.53. The van der Waals surface area contributed by atoms with E-state index in [2.05, 4.69) is 43.0 Å². The fraction of sp³-hybridized carbons (Fsp3) is 0.476. The molecule has 1 unspecified atom stereocenters. The van der Waals surface area contributed by atoms with Gasteiger partial charge < -0.3 is 9.32 Å². The Bertz CT molecular complexity index is 943. The van der Waals surface area contributed by atoms with Gasteiger partial charge in [-0.25, -0.2) is 9.67 Å². The maximum atomic E-state index is 12.9. The number of furan rings is 1. The first-order valence-corrected chi connectivity index (χ1v) is 9.65. The van der Waals surface area contributed by atoms with Crippen LogP contribution in [-0.2, 0) is 11.2 Å². The zero-order chi connectivity index (χ0) is 19.0. The lowest BCUT2D eigenvalue weighted by Gasteiger charge is -2.32. The third kappa shape index (κ3) is 3.48. The van der Waals surface area contributed by atoms with Crippen LogP contribution < -0.4 is 0 Å². The smallest absolute Gasteiger partial charge is 0.227 e. The van der Waals surface area contributed by atoms with Gasteiger partial charge in [0.25, 0.3) is 0 Å². The van der Waals surface area contributed by atoms with Crippen LogP contribution in [0.25, 0.3) is 11.0 Å². The van der Waals surface area contributed by atoms with Crippen molar-refractivity contribution in [2.24, 2.45) is 0 Å². The second-order valence-corrected chi connectivity index (χ2v) is 7.81. The number of aryl methyl sites for hydroxylation is 1. The quantitative estimate of drug-likeness (QED) is 0.703. The molecule has 1 saturated heterocycles. The Labute approximate surface area is 159 Å². The monoisotopic (exact) mass is 366 g/mol. The van der Waals surface area contributed by atoms with Gasteiger partial charge in [0.15, 0.2) is 0 Å². The minimum atomic E-state index is 0.147. The molecule has 1 aliphatic heterocycles. The number of nitrogens with zero attached hydrogens (tertiary/aromatic N) is 4. The molecule has 3 heterocycles. The van der Waals surface area contributed by atoms with E-state index in [1.54, 1.807) is 18.9 Å². The predicted octanol–water partition coefficient (Wildman–Crippen LogP) is 3.86. The highest BCUT2D eigenvalue weighted by Crippen LogP contribution is 2.30. The van der Waals surface area contributed by atoms with Crippen molar-refractivity contribution >= 4 is 16.9 Å². The Kier molecular flexibility index (Phi) is 4.72. The highest BCUT2D eigenvalue weighted by Gasteiger charge is 2.26. The Morgan fingerprint density at radius 2 is 2.22 bits per heavy atom. The third-order valence-electron chi connectivity index (χ3n) is 5.57. The number of amides is 1. The molecule has 3 aromatic rings. The molecule has 142 valence electrons. The van der Waals surface area contributed by atoms with Crippen molar-refractivity contribution in [1.82, 2.24) is 19.7 Å². The fourth-order valence-corrected chi connectivity index (χ4v) is 4.08. The second kappa shape index (κ2) is 7.18. The van der Waals surface area contributed by atoms with Crippen molar-refractivity contribution in [2.45, 2.75) is 52.0 Å². The van der Waals surface area contributed by atoms with E-state index in [1.807, 2.05) is 9.58 Å². The Morgan fingerprint density at radius 1 is 1.37 bits per heavy atom. The molecule has 0 radical (unpaired) electrons. The van der Waals surface area contributed by atoms with Gasteiger partial charge >= 0.3 is 0 Å². The van der Waals surface area contributed by atoms with Gasteiger partial charge in [-0.3, -0.25) is 4.79 Å². The van der Waals surface area contributed by atoms with Gasteiger partial charge in [-0.2, -0.15) is 5.10 Å². The molecular weight excluding hydrogens is 340 g/mol. The van der Waals surface area contributed by atoms with Gasteiger partial charge in [0, 0.05) is 24.0 Å². The number of carbonyl (C=O) groups is 1. The molecule has 1 fully saturated rings. The van der Waals surface area contributed by atoms with Crippen molar-refractivity contribution < 1.29 is 9.21 Å². The summed E-state index contributed by atoms with van der Waals surface area (Å²) in [5.74, 6) is 0.590. The van der Waals surface area contributed by atoms with E-state index < -0.39 is 0 Å². The van der Waals surface area contributed by atoms with Gasteiger partial charge in [-0.15, -0.1) is 0 Å². The molecule has 4 rings (SSSR count). The zero-order valence-corrected chi connectivity index (χ0v) is 16.2. The number of carbonyl (C=O) groups excluding carboxylic acids is 1. The first-order chi connectivity index (χ1) is 13.0. The summed E-state index contributed by atoms with van der Waals surface area (Å²) in [6, 6.07) is 4.48. The molecule has 1 amide bonds. The molecule has 6 heteroatoms. The van der Waals surface area contributed by atoms with Crippen LogP contribution in [0.15, 0.2) is 35.5 Å². The lowest BCUT2D eigenvalue weighted by Crippen LogP contribution is -2.41. The van der Waals surface area contributed by atoms with Gasteiger partial charge in [0.05, 0.1) is 18.7 Å². The van der Waals surface area contributed by atoms with Gasteiger partial charge in [0.1, 0.15) is 18.2 Å². The summed E-state index contributed by atoms with van der Waals surface area (Å²) >= 11 is 0. The fourth-order valence-electron chi connectivity index (χ4n) is 4.08. The Morgan fingerprint density at radius 3 is 2.96 bits per heavy atom. The van der Waals surface area contributed by atoms with Crippen molar-refractivity contribution in [3.63, 3.8) is 0 Å². The summed E-state index contributed by atoms with van der Waals surface area (Å²) in [7, 11) is 0. The molecule has 0 saturated carbocycles. The number of aromatic nitrogens is 3. The summed E-state index contributed by atoms with van der Waals surface area (Å²) in [5, 5.41) is 5.30. The van der Waals surface area contributed by atoms with E-state index in [0.717, 1.165) is 35.9 Å². The highest BCUT2D eigenvalue weighted by atomic mass is 16.3. The van der Waals surface area contributed by atoms with Crippen molar-refractivity contribution in [3.05, 3.63) is 47.7 Å². The minimum absolute atomic E-state index is 0.147. The largest absolute Gasteiger partial charge is 0.464 e. The normalized spacial score (nSPS) is 17.8. The standard InChI is InChI=1S/C21H26N4O2/c1-14(2)18-9-19-16(11-27-20(19)7-15(18)3)8-21(26)24-6-4-5-17(10-24)25-13-22-12-23-25/h7,9,11-14,17H,4-6,8,10H2,1-3H3. The molecule has 0 spiro atoms. The van der Waals surface area contributed by atoms with Crippen molar-refractivity contribution in [2.75, 3.05) is 13.1 Å². The zero-order valence-electron chi connectivity index (χ0n) is 16.2. The molecule has 6 nitrogen and oxygen atoms in total. The van der Waals surface area contributed by atoms with Crippen LogP contribution in [0, 0.1) is 6.92 Å². The van der Waals surface area contributed by atoms with E-state index in [9.17, 15) is 4.79 Å². The van der Waals surface area contributed by atoms with Crippen LogP contribution in [0.3, 0.4) is 0 Å². The predicted molar refractivity (Wildman–Crippen MR) is 104 cm³/mol. The lowest BCUT2D eigenvalue weighted by atomic mass is 9.95. The van der Waals surface area contributed by atoms with Gasteiger partial charge in [-0.1, -0.05) is 13.8 Å². The maximum absolute atomic E-state index is 12.9. The average molecular weight is 366 g/mol. The van der Waals surface area contributed by atoms with Gasteiger partial charge in [0.2, 0.25) is 5.91 Å². The van der Waals surface area contributed by atoms with E-state index in [0.29, 0.717) is 18.9 Å². The third-order valence-corrected chi connectivity index (χ3v) is 5.57.